The molecule has 0 saturated heterocycles. The van der Waals surface area contributed by atoms with Crippen molar-refractivity contribution in [2.24, 2.45) is 34.4 Å². The van der Waals surface area contributed by atoms with Crippen molar-refractivity contribution in [3.05, 3.63) is 0 Å². The molecule has 676 valence electrons. The molecule has 0 rings (SSSR count). The van der Waals surface area contributed by atoms with Crippen molar-refractivity contribution >= 4 is 0 Å². The van der Waals surface area contributed by atoms with Gasteiger partial charge in [-0.1, -0.05) is 33.1 Å². The van der Waals surface area contributed by atoms with Crippen LogP contribution in [0.2, 0.25) is 0 Å². The summed E-state index contributed by atoms with van der Waals surface area (Å²) in [6, 6.07) is 0. The Kier molecular flexibility index (Phi) is 92.8. The average molecular weight is 1610 g/mol. The average Bonchev–Trinajstić information content (AvgIpc) is 0.962. The fourth-order valence-electron chi connectivity index (χ4n) is 14.8. The van der Waals surface area contributed by atoms with Crippen LogP contribution in [0.15, 0.2) is 0 Å². The highest BCUT2D eigenvalue weighted by molar-refractivity contribution is 4.72. The van der Waals surface area contributed by atoms with Gasteiger partial charge in [0.1, 0.15) is 13.1 Å². The van der Waals surface area contributed by atoms with E-state index in [1.165, 1.54) is 246 Å². The summed E-state index contributed by atoms with van der Waals surface area (Å²) in [4.78, 5) is 31.0. The second-order valence-corrected chi connectivity index (χ2v) is 32.0. The van der Waals surface area contributed by atoms with Crippen molar-refractivity contribution in [2.75, 3.05) is 408 Å². The maximum atomic E-state index is 6.04. The molecule has 0 aliphatic carbocycles. The second kappa shape index (κ2) is 92.1. The highest BCUT2D eigenvalue weighted by Gasteiger charge is 2.17. The summed E-state index contributed by atoms with van der Waals surface area (Å²) in [7, 11) is 8.58. The summed E-state index contributed by atoms with van der Waals surface area (Å²) >= 11 is 0. The Bertz CT molecular complexity index is 1620. The van der Waals surface area contributed by atoms with Crippen LogP contribution in [0.5, 0.6) is 0 Å². The van der Waals surface area contributed by atoms with Gasteiger partial charge in [-0.15, -0.1) is 0 Å². The van der Waals surface area contributed by atoms with Crippen molar-refractivity contribution in [1.82, 2.24) is 80.1 Å². The van der Waals surface area contributed by atoms with Gasteiger partial charge in [-0.05, 0) is 203 Å². The van der Waals surface area contributed by atoms with Crippen LogP contribution in [0, 0.1) is 0 Å². The van der Waals surface area contributed by atoms with E-state index in [0.717, 1.165) is 223 Å². The molecule has 0 fully saturated rings. The molecule has 0 spiro atoms. The molecule has 0 heterocycles. The van der Waals surface area contributed by atoms with Crippen molar-refractivity contribution in [3.63, 3.8) is 0 Å². The Balaban J connectivity index is 0. The van der Waals surface area contributed by atoms with E-state index >= 15 is 0 Å². The molecule has 0 saturated carbocycles. The van der Waals surface area contributed by atoms with Crippen LogP contribution in [0.25, 0.3) is 0 Å². The molecule has 0 aromatic carbocycles. The number of unbranched alkanes of at least 4 members (excludes halogenated alkanes) is 10. The van der Waals surface area contributed by atoms with Gasteiger partial charge < -0.3 is 124 Å². The maximum Gasteiger partial charge on any atom is 0.125 e. The van der Waals surface area contributed by atoms with E-state index in [1.807, 2.05) is 7.05 Å². The Morgan fingerprint density at radius 3 is 0.893 bits per heavy atom. The van der Waals surface area contributed by atoms with Gasteiger partial charge in [-0.25, -0.2) is 0 Å². The molecule has 0 unspecified atom stereocenters. The molecule has 36 N–H and O–H groups in total. The van der Waals surface area contributed by atoms with Crippen LogP contribution in [0.3, 0.4) is 0 Å². The fraction of sp³-hybridized carbons (Fsp3) is 1.00. The first-order chi connectivity index (χ1) is 54.9. The molecule has 30 nitrogen and oxygen atoms in total. The zero-order valence-corrected chi connectivity index (χ0v) is 75.7. The molecule has 30 heteroatoms. The van der Waals surface area contributed by atoms with E-state index in [1.54, 1.807) is 0 Å². The van der Waals surface area contributed by atoms with Gasteiger partial charge in [0.25, 0.3) is 0 Å². The van der Waals surface area contributed by atoms with Crippen molar-refractivity contribution < 1.29 is 44.2 Å². The first-order valence-corrected chi connectivity index (χ1v) is 46.9. The largest absolute Gasteiger partial charge is 0.357 e. The van der Waals surface area contributed by atoms with E-state index in [0.29, 0.717) is 26.2 Å². The topological polar surface area (TPSA) is 420 Å². The third-order valence-corrected chi connectivity index (χ3v) is 21.6. The molecule has 0 atom stereocenters. The number of nitrogens with two attached hydrogens (primary N) is 10. The molecule has 0 radical (unpaired) electrons. The van der Waals surface area contributed by atoms with Crippen molar-refractivity contribution in [3.8, 4) is 0 Å². The summed E-state index contributed by atoms with van der Waals surface area (Å²) in [5.41, 5.74) is 51.3. The van der Waals surface area contributed by atoms with Gasteiger partial charge in [-0.3, -0.25) is 34.3 Å². The highest BCUT2D eigenvalue weighted by Crippen LogP contribution is 2.08. The second-order valence-electron chi connectivity index (χ2n) is 32.0. The van der Waals surface area contributed by atoms with Crippen LogP contribution < -0.4 is 99.9 Å². The molecule has 112 heavy (non-hydrogen) atoms. The number of nitrogens with zero attached hydrogens (tertiary/aromatic N) is 12. The van der Waals surface area contributed by atoms with Crippen molar-refractivity contribution in [2.45, 2.75) is 129 Å². The Hall–Kier alpha value is -1.20. The number of hydrogen-bond acceptors (Lipinski definition) is 22. The molecule has 0 aromatic rings. The first-order valence-electron chi connectivity index (χ1n) is 46.9. The lowest BCUT2D eigenvalue weighted by atomic mass is 10.2. The van der Waals surface area contributed by atoms with Gasteiger partial charge >= 0.3 is 0 Å². The van der Waals surface area contributed by atoms with E-state index in [2.05, 4.69) is 159 Å². The van der Waals surface area contributed by atoms with Crippen molar-refractivity contribution in [1.29, 1.82) is 0 Å². The van der Waals surface area contributed by atoms with Crippen LogP contribution in [-0.4, -0.2) is 467 Å². The standard InChI is InChI=1S/2C41H99N15/c2*1-4-25-52(36-21-48-19-13-42)29-11-12-30-53(26-9-6-10-27-54(32-15-44)33-16-45)37-22-50-24-39-56(38-23-49-20-35-51(3)31-14-43)41-40-55(34-17-46)28-8-5-7-18-47-2/h2*47-50H,4-46H2,1-3H3/p+8. The number of rotatable bonds is 94. The van der Waals surface area contributed by atoms with Crippen LogP contribution in [0.4, 0.5) is 0 Å². The summed E-state index contributed by atoms with van der Waals surface area (Å²) in [6.07, 6.45) is 22.8. The Morgan fingerprint density at radius 2 is 0.518 bits per heavy atom. The lowest BCUT2D eigenvalue weighted by Crippen LogP contribution is -2.89. The number of hydrogen-bond donors (Lipinski definition) is 18. The van der Waals surface area contributed by atoms with Gasteiger partial charge in [0.15, 0.2) is 0 Å². The smallest absolute Gasteiger partial charge is 0.125 e. The minimum atomic E-state index is 0.701. The predicted molar refractivity (Wildman–Crippen MR) is 479 cm³/mol. The van der Waals surface area contributed by atoms with E-state index in [4.69, 9.17) is 34.4 Å². The number of quaternary nitrogens is 8. The minimum Gasteiger partial charge on any atom is -0.357 e. The summed E-state index contributed by atoms with van der Waals surface area (Å²) in [6.45, 7) is 66.2. The molecule has 0 aliphatic heterocycles. The van der Waals surface area contributed by atoms with E-state index in [9.17, 15) is 0 Å². The molecule has 0 bridgehead atoms. The van der Waals surface area contributed by atoms with Gasteiger partial charge in [0, 0.05) is 223 Å². The number of likely N-dealkylation sites (N-methyl/N-ethyl adjacent to an activating group) is 2. The van der Waals surface area contributed by atoms with Gasteiger partial charge in [0.05, 0.1) is 66.0 Å². The number of nitrogens with one attached hydrogen (secondary N) is 4. The molecular weight excluding hydrogens is 1410 g/mol. The zero-order valence-electron chi connectivity index (χ0n) is 75.7. The molecular formula is C82H206N30+8. The quantitative estimate of drug-likeness (QED) is 0.0252. The predicted octanol–water partition coefficient (Wildman–Crippen LogP) is -9.49. The van der Waals surface area contributed by atoms with Crippen LogP contribution in [0.1, 0.15) is 129 Å². The van der Waals surface area contributed by atoms with Crippen LogP contribution >= 0.6 is 0 Å². The minimum absolute atomic E-state index is 0.701. The summed E-state index contributed by atoms with van der Waals surface area (Å²) in [5, 5.41) is 24.1. The normalized spacial score (nSPS) is 12.3. The third-order valence-electron chi connectivity index (χ3n) is 21.6. The highest BCUT2D eigenvalue weighted by atomic mass is 15.2. The van der Waals surface area contributed by atoms with E-state index < -0.39 is 0 Å². The SMILES string of the molecule is CCCN(CCCCN(CCCCCN(CCN)CCN)CCNCCN(CCNCCN(C)CCN)CCN(CCN)CCCCCNC)CCNCCN.CCCN(CCCCN(CCCCCN(CCN)CC[NH3+])CC[NH2+]CCN(CC[NH2+]CCN(C)CC[NH3+])CCN(CC[NH3+])CCCCC[NH2+]C)CC[NH2+]CC[NH3+]. The third kappa shape index (κ3) is 78.6. The maximum absolute atomic E-state index is 6.04. The fourth-order valence-corrected chi connectivity index (χ4v) is 14.8. The van der Waals surface area contributed by atoms with Crippen LogP contribution in [-0.2, 0) is 0 Å². The summed E-state index contributed by atoms with van der Waals surface area (Å²) < 4.78 is 0. The monoisotopic (exact) mass is 1610 g/mol. The Morgan fingerprint density at radius 1 is 0.232 bits per heavy atom. The molecule has 0 aliphatic rings. The lowest BCUT2D eigenvalue weighted by Gasteiger charge is -2.28. The zero-order chi connectivity index (χ0) is 82.3. The lowest BCUT2D eigenvalue weighted by molar-refractivity contribution is -0.669. The molecule has 0 amide bonds. The van der Waals surface area contributed by atoms with Gasteiger partial charge in [0.2, 0.25) is 0 Å². The first kappa shape index (κ1) is 113. The Labute approximate surface area is 692 Å². The van der Waals surface area contributed by atoms with E-state index in [-0.39, 0.29) is 0 Å². The van der Waals surface area contributed by atoms with Gasteiger partial charge in [-0.2, -0.15) is 0 Å². The molecule has 0 aromatic heterocycles. The summed E-state index contributed by atoms with van der Waals surface area (Å²) in [5.74, 6) is 0.